The molecule has 2 amide bonds. The topological polar surface area (TPSA) is 96.0 Å². The number of benzene rings is 3. The maximum Gasteiger partial charge on any atom is 0.264 e. The van der Waals surface area contributed by atoms with Gasteiger partial charge in [-0.1, -0.05) is 36.2 Å². The lowest BCUT2D eigenvalue weighted by molar-refractivity contribution is -0.139. The standard InChI is InChI=1S/C31H37Cl2N3O5S2/c1-6-21(3)34-31(38)22(4)35(19-23-8-17-28(32)29(33)18-23)30(37)20-36(24-9-11-25(12-10-24)41-7-2)43(39,40)27-15-13-26(42-5)14-16-27/h8-18,21-22H,6-7,19-20H2,1-5H3,(H,34,38). The average Bonchev–Trinajstić information content (AvgIpc) is 3.00. The van der Waals surface area contributed by atoms with Gasteiger partial charge in [0.05, 0.1) is 27.2 Å². The molecule has 0 aliphatic rings. The number of amides is 2. The summed E-state index contributed by atoms with van der Waals surface area (Å²) in [6.45, 7) is 7.18. The molecule has 3 aromatic rings. The van der Waals surface area contributed by atoms with Crippen molar-refractivity contribution in [2.75, 3.05) is 23.7 Å². The quantitative estimate of drug-likeness (QED) is 0.194. The summed E-state index contributed by atoms with van der Waals surface area (Å²) in [6, 6.07) is 16.9. The summed E-state index contributed by atoms with van der Waals surface area (Å²) in [7, 11) is -4.19. The van der Waals surface area contributed by atoms with Crippen LogP contribution in [0.2, 0.25) is 10.0 Å². The van der Waals surface area contributed by atoms with E-state index in [0.29, 0.717) is 34.4 Å². The number of thioether (sulfide) groups is 1. The number of carbonyl (C=O) groups is 2. The molecule has 0 spiro atoms. The number of rotatable bonds is 14. The highest BCUT2D eigenvalue weighted by atomic mass is 35.5. The molecule has 3 rings (SSSR count). The summed E-state index contributed by atoms with van der Waals surface area (Å²) in [5.41, 5.74) is 0.908. The molecule has 2 atom stereocenters. The van der Waals surface area contributed by atoms with E-state index in [4.69, 9.17) is 27.9 Å². The van der Waals surface area contributed by atoms with Crippen molar-refractivity contribution in [2.24, 2.45) is 0 Å². The highest BCUT2D eigenvalue weighted by Gasteiger charge is 2.33. The molecule has 1 N–H and O–H groups in total. The maximum atomic E-state index is 14.1. The highest BCUT2D eigenvalue weighted by molar-refractivity contribution is 7.98. The van der Waals surface area contributed by atoms with Crippen molar-refractivity contribution < 1.29 is 22.7 Å². The molecule has 43 heavy (non-hydrogen) atoms. The fraction of sp³-hybridized carbons (Fsp3) is 0.355. The molecule has 3 aromatic carbocycles. The summed E-state index contributed by atoms with van der Waals surface area (Å²) >= 11 is 13.8. The van der Waals surface area contributed by atoms with E-state index in [0.717, 1.165) is 9.20 Å². The van der Waals surface area contributed by atoms with Crippen molar-refractivity contribution in [1.29, 1.82) is 0 Å². The zero-order chi connectivity index (χ0) is 31.7. The van der Waals surface area contributed by atoms with Crippen LogP contribution in [0, 0.1) is 0 Å². The van der Waals surface area contributed by atoms with Crippen LogP contribution in [0.1, 0.15) is 39.7 Å². The first-order chi connectivity index (χ1) is 20.4. The number of nitrogens with zero attached hydrogens (tertiary/aromatic N) is 2. The Morgan fingerprint density at radius 2 is 1.60 bits per heavy atom. The Labute approximate surface area is 268 Å². The van der Waals surface area contributed by atoms with Crippen molar-refractivity contribution in [1.82, 2.24) is 10.2 Å². The molecule has 0 aliphatic carbocycles. The number of anilines is 1. The maximum absolute atomic E-state index is 14.1. The van der Waals surface area contributed by atoms with Gasteiger partial charge >= 0.3 is 0 Å². The fourth-order valence-electron chi connectivity index (χ4n) is 4.16. The summed E-state index contributed by atoms with van der Waals surface area (Å²) in [4.78, 5) is 29.6. The molecule has 0 heterocycles. The predicted molar refractivity (Wildman–Crippen MR) is 175 cm³/mol. The third-order valence-electron chi connectivity index (χ3n) is 6.87. The van der Waals surface area contributed by atoms with Crippen molar-refractivity contribution in [3.05, 3.63) is 82.3 Å². The Bertz CT molecular complexity index is 1500. The zero-order valence-electron chi connectivity index (χ0n) is 24.8. The Morgan fingerprint density at radius 1 is 0.953 bits per heavy atom. The molecule has 8 nitrogen and oxygen atoms in total. The number of hydrogen-bond acceptors (Lipinski definition) is 6. The molecule has 0 fully saturated rings. The summed E-state index contributed by atoms with van der Waals surface area (Å²) in [5, 5.41) is 3.57. The lowest BCUT2D eigenvalue weighted by atomic mass is 10.1. The Hall–Kier alpha value is -2.92. The second-order valence-corrected chi connectivity index (χ2v) is 13.4. The van der Waals surface area contributed by atoms with E-state index in [1.165, 1.54) is 28.8 Å². The van der Waals surface area contributed by atoms with Gasteiger partial charge in [-0.05, 0) is 99.7 Å². The van der Waals surface area contributed by atoms with Crippen LogP contribution < -0.4 is 14.4 Å². The minimum Gasteiger partial charge on any atom is -0.494 e. The van der Waals surface area contributed by atoms with Crippen LogP contribution in [0.25, 0.3) is 0 Å². The van der Waals surface area contributed by atoms with Crippen LogP contribution in [0.4, 0.5) is 5.69 Å². The smallest absolute Gasteiger partial charge is 0.264 e. The number of sulfonamides is 1. The lowest BCUT2D eigenvalue weighted by Crippen LogP contribution is -2.52. The van der Waals surface area contributed by atoms with Gasteiger partial charge in [0, 0.05) is 17.5 Å². The van der Waals surface area contributed by atoms with Crippen molar-refractivity contribution in [3.8, 4) is 5.75 Å². The predicted octanol–water partition coefficient (Wildman–Crippen LogP) is 6.64. The molecule has 0 saturated heterocycles. The zero-order valence-corrected chi connectivity index (χ0v) is 28.0. The van der Waals surface area contributed by atoms with Crippen molar-refractivity contribution in [3.63, 3.8) is 0 Å². The normalized spacial score (nSPS) is 12.7. The summed E-state index contributed by atoms with van der Waals surface area (Å²) in [5.74, 6) is -0.363. The number of ether oxygens (including phenoxy) is 1. The molecular formula is C31H37Cl2N3O5S2. The van der Waals surface area contributed by atoms with Crippen LogP contribution in [0.5, 0.6) is 5.75 Å². The number of nitrogens with one attached hydrogen (secondary N) is 1. The average molecular weight is 667 g/mol. The molecule has 0 aromatic heterocycles. The van der Waals surface area contributed by atoms with Crippen LogP contribution in [-0.2, 0) is 26.2 Å². The second-order valence-electron chi connectivity index (χ2n) is 9.88. The van der Waals surface area contributed by atoms with Gasteiger partial charge in [-0.25, -0.2) is 8.42 Å². The van der Waals surface area contributed by atoms with Crippen LogP contribution >= 0.6 is 35.0 Å². The van der Waals surface area contributed by atoms with Gasteiger partial charge in [-0.15, -0.1) is 11.8 Å². The van der Waals surface area contributed by atoms with Gasteiger partial charge in [0.25, 0.3) is 10.0 Å². The third kappa shape index (κ3) is 9.04. The monoisotopic (exact) mass is 665 g/mol. The van der Waals surface area contributed by atoms with Gasteiger partial charge in [0.15, 0.2) is 0 Å². The van der Waals surface area contributed by atoms with E-state index in [2.05, 4.69) is 5.32 Å². The van der Waals surface area contributed by atoms with Gasteiger partial charge < -0.3 is 15.0 Å². The SMILES string of the molecule is CCOc1ccc(N(CC(=O)N(Cc2ccc(Cl)c(Cl)c2)C(C)C(=O)NC(C)CC)S(=O)(=O)c2ccc(SC)cc2)cc1. The highest BCUT2D eigenvalue weighted by Crippen LogP contribution is 2.28. The Balaban J connectivity index is 2.05. The van der Waals surface area contributed by atoms with Gasteiger partial charge in [0.1, 0.15) is 18.3 Å². The molecule has 0 aliphatic heterocycles. The largest absolute Gasteiger partial charge is 0.494 e. The minimum atomic E-state index is -4.19. The lowest BCUT2D eigenvalue weighted by Gasteiger charge is -2.32. The van der Waals surface area contributed by atoms with E-state index in [1.54, 1.807) is 61.5 Å². The second kappa shape index (κ2) is 15.7. The van der Waals surface area contributed by atoms with Gasteiger partial charge in [-0.3, -0.25) is 13.9 Å². The van der Waals surface area contributed by atoms with Crippen molar-refractivity contribution >= 4 is 62.5 Å². The fourth-order valence-corrected chi connectivity index (χ4v) is 6.30. The first kappa shape index (κ1) is 34.6. The van der Waals surface area contributed by atoms with E-state index in [-0.39, 0.29) is 29.1 Å². The van der Waals surface area contributed by atoms with E-state index in [9.17, 15) is 18.0 Å². The first-order valence-corrected chi connectivity index (χ1v) is 17.3. The van der Waals surface area contributed by atoms with Crippen LogP contribution in [0.15, 0.2) is 76.5 Å². The molecule has 0 saturated carbocycles. The van der Waals surface area contributed by atoms with E-state index >= 15 is 0 Å². The molecule has 2 unspecified atom stereocenters. The van der Waals surface area contributed by atoms with E-state index in [1.807, 2.05) is 27.0 Å². The number of halogens is 2. The molecule has 232 valence electrons. The first-order valence-electron chi connectivity index (χ1n) is 13.8. The van der Waals surface area contributed by atoms with Crippen LogP contribution in [0.3, 0.4) is 0 Å². The number of hydrogen-bond donors (Lipinski definition) is 1. The van der Waals surface area contributed by atoms with E-state index < -0.39 is 28.5 Å². The third-order valence-corrected chi connectivity index (χ3v) is 10.1. The Kier molecular flexibility index (Phi) is 12.6. The summed E-state index contributed by atoms with van der Waals surface area (Å²) in [6.07, 6.45) is 2.60. The molecule has 12 heteroatoms. The van der Waals surface area contributed by atoms with Gasteiger partial charge in [-0.2, -0.15) is 0 Å². The van der Waals surface area contributed by atoms with Crippen molar-refractivity contribution in [2.45, 2.75) is 62.5 Å². The van der Waals surface area contributed by atoms with Gasteiger partial charge in [0.2, 0.25) is 11.8 Å². The minimum absolute atomic E-state index is 0.00437. The molecular weight excluding hydrogens is 629 g/mol. The summed E-state index contributed by atoms with van der Waals surface area (Å²) < 4.78 is 34.7. The molecule has 0 bridgehead atoms. The molecule has 0 radical (unpaired) electrons. The number of carbonyl (C=O) groups excluding carboxylic acids is 2. The van der Waals surface area contributed by atoms with Crippen LogP contribution in [-0.4, -0.2) is 56.6 Å². The Morgan fingerprint density at radius 3 is 2.16 bits per heavy atom.